The standard InChI is InChI=1S/C15H23NO2/c1-3-18-14-8-4-6-12(10-14)15(16-2)13-7-5-9-17-11-13/h4,6,8,10,13,15-16H,3,5,7,9,11H2,1-2H3. The summed E-state index contributed by atoms with van der Waals surface area (Å²) in [6.07, 6.45) is 2.39. The van der Waals surface area contributed by atoms with Gasteiger partial charge in [0.25, 0.3) is 0 Å². The minimum Gasteiger partial charge on any atom is -0.494 e. The van der Waals surface area contributed by atoms with Crippen molar-refractivity contribution in [3.8, 4) is 5.75 Å². The Kier molecular flexibility index (Phi) is 5.02. The number of ether oxygens (including phenoxy) is 2. The van der Waals surface area contributed by atoms with E-state index in [1.807, 2.05) is 20.0 Å². The van der Waals surface area contributed by atoms with E-state index in [4.69, 9.17) is 9.47 Å². The molecule has 3 heteroatoms. The van der Waals surface area contributed by atoms with Crippen LogP contribution in [0.5, 0.6) is 5.75 Å². The second kappa shape index (κ2) is 6.76. The molecule has 0 amide bonds. The van der Waals surface area contributed by atoms with E-state index in [1.165, 1.54) is 12.0 Å². The van der Waals surface area contributed by atoms with E-state index in [0.717, 1.165) is 25.4 Å². The van der Waals surface area contributed by atoms with Crippen molar-refractivity contribution in [1.29, 1.82) is 0 Å². The Bertz CT molecular complexity index is 361. The van der Waals surface area contributed by atoms with Crippen molar-refractivity contribution in [2.45, 2.75) is 25.8 Å². The summed E-state index contributed by atoms with van der Waals surface area (Å²) in [5.74, 6) is 1.51. The zero-order valence-electron chi connectivity index (χ0n) is 11.3. The van der Waals surface area contributed by atoms with Gasteiger partial charge in [-0.25, -0.2) is 0 Å². The lowest BCUT2D eigenvalue weighted by Crippen LogP contribution is -2.31. The molecule has 1 fully saturated rings. The quantitative estimate of drug-likeness (QED) is 0.870. The first-order chi connectivity index (χ1) is 8.85. The van der Waals surface area contributed by atoms with E-state index in [1.54, 1.807) is 0 Å². The summed E-state index contributed by atoms with van der Waals surface area (Å²) in [6.45, 7) is 4.48. The Labute approximate surface area is 109 Å². The summed E-state index contributed by atoms with van der Waals surface area (Å²) < 4.78 is 11.2. The fraction of sp³-hybridized carbons (Fsp3) is 0.600. The SMILES string of the molecule is CCOc1cccc(C(NC)C2CCCOC2)c1. The minimum absolute atomic E-state index is 0.353. The lowest BCUT2D eigenvalue weighted by Gasteiger charge is -2.30. The lowest BCUT2D eigenvalue weighted by atomic mass is 9.89. The van der Waals surface area contributed by atoms with Crippen molar-refractivity contribution in [2.75, 3.05) is 26.9 Å². The Balaban J connectivity index is 2.12. The zero-order valence-corrected chi connectivity index (χ0v) is 11.3. The molecule has 0 aromatic heterocycles. The normalized spacial score (nSPS) is 21.6. The highest BCUT2D eigenvalue weighted by Gasteiger charge is 2.24. The fourth-order valence-electron chi connectivity index (χ4n) is 2.67. The van der Waals surface area contributed by atoms with E-state index in [0.29, 0.717) is 18.6 Å². The largest absolute Gasteiger partial charge is 0.494 e. The molecular weight excluding hydrogens is 226 g/mol. The molecule has 2 rings (SSSR count). The van der Waals surface area contributed by atoms with Crippen LogP contribution in [0.4, 0.5) is 0 Å². The summed E-state index contributed by atoms with van der Waals surface area (Å²) in [7, 11) is 2.02. The second-order valence-electron chi connectivity index (χ2n) is 4.75. The maximum absolute atomic E-state index is 5.59. The molecule has 1 aliphatic rings. The van der Waals surface area contributed by atoms with Gasteiger partial charge in [0.05, 0.1) is 13.2 Å². The average molecular weight is 249 g/mol. The van der Waals surface area contributed by atoms with Crippen LogP contribution in [-0.4, -0.2) is 26.9 Å². The van der Waals surface area contributed by atoms with Gasteiger partial charge in [0.2, 0.25) is 0 Å². The predicted octanol–water partition coefficient (Wildman–Crippen LogP) is 2.77. The van der Waals surface area contributed by atoms with Gasteiger partial charge in [0.15, 0.2) is 0 Å². The van der Waals surface area contributed by atoms with Gasteiger partial charge in [-0.05, 0) is 44.5 Å². The fourth-order valence-corrected chi connectivity index (χ4v) is 2.67. The zero-order chi connectivity index (χ0) is 12.8. The maximum atomic E-state index is 5.59. The van der Waals surface area contributed by atoms with Gasteiger partial charge in [-0.3, -0.25) is 0 Å². The molecule has 1 aromatic carbocycles. The topological polar surface area (TPSA) is 30.5 Å². The van der Waals surface area contributed by atoms with Gasteiger partial charge in [-0.2, -0.15) is 0 Å². The Morgan fingerprint density at radius 3 is 3.06 bits per heavy atom. The molecule has 0 saturated carbocycles. The van der Waals surface area contributed by atoms with Crippen LogP contribution in [0.15, 0.2) is 24.3 Å². The summed E-state index contributed by atoms with van der Waals surface area (Å²) in [4.78, 5) is 0. The minimum atomic E-state index is 0.353. The average Bonchev–Trinajstić information content (AvgIpc) is 2.42. The molecular formula is C15H23NO2. The molecule has 0 aliphatic carbocycles. The number of benzene rings is 1. The summed E-state index contributed by atoms with van der Waals surface area (Å²) in [6, 6.07) is 8.73. The molecule has 1 N–H and O–H groups in total. The molecule has 3 nitrogen and oxygen atoms in total. The number of hydrogen-bond donors (Lipinski definition) is 1. The number of rotatable bonds is 5. The highest BCUT2D eigenvalue weighted by Crippen LogP contribution is 2.30. The highest BCUT2D eigenvalue weighted by molar-refractivity contribution is 5.31. The van der Waals surface area contributed by atoms with Gasteiger partial charge in [0.1, 0.15) is 5.75 Å². The van der Waals surface area contributed by atoms with Gasteiger partial charge in [-0.1, -0.05) is 12.1 Å². The molecule has 100 valence electrons. The first-order valence-corrected chi connectivity index (χ1v) is 6.83. The predicted molar refractivity (Wildman–Crippen MR) is 73.0 cm³/mol. The van der Waals surface area contributed by atoms with Crippen LogP contribution in [0.25, 0.3) is 0 Å². The van der Waals surface area contributed by atoms with Crippen LogP contribution in [0, 0.1) is 5.92 Å². The molecule has 2 unspecified atom stereocenters. The molecule has 0 spiro atoms. The van der Waals surface area contributed by atoms with Crippen LogP contribution >= 0.6 is 0 Å². The Morgan fingerprint density at radius 1 is 1.50 bits per heavy atom. The number of hydrogen-bond acceptors (Lipinski definition) is 3. The summed E-state index contributed by atoms with van der Waals surface area (Å²) in [5.41, 5.74) is 1.29. The third-order valence-corrected chi connectivity index (χ3v) is 3.51. The molecule has 1 aliphatic heterocycles. The van der Waals surface area contributed by atoms with E-state index < -0.39 is 0 Å². The monoisotopic (exact) mass is 249 g/mol. The molecule has 0 radical (unpaired) electrons. The highest BCUT2D eigenvalue weighted by atomic mass is 16.5. The smallest absolute Gasteiger partial charge is 0.119 e. The van der Waals surface area contributed by atoms with Crippen molar-refractivity contribution >= 4 is 0 Å². The molecule has 2 atom stereocenters. The van der Waals surface area contributed by atoms with E-state index in [-0.39, 0.29) is 0 Å². The van der Waals surface area contributed by atoms with Gasteiger partial charge < -0.3 is 14.8 Å². The van der Waals surface area contributed by atoms with E-state index in [9.17, 15) is 0 Å². The van der Waals surface area contributed by atoms with Crippen LogP contribution in [0.3, 0.4) is 0 Å². The van der Waals surface area contributed by atoms with Crippen LogP contribution in [0.2, 0.25) is 0 Å². The maximum Gasteiger partial charge on any atom is 0.119 e. The Hall–Kier alpha value is -1.06. The van der Waals surface area contributed by atoms with Crippen LogP contribution in [0.1, 0.15) is 31.4 Å². The number of nitrogens with one attached hydrogen (secondary N) is 1. The van der Waals surface area contributed by atoms with Crippen molar-refractivity contribution in [3.63, 3.8) is 0 Å². The Morgan fingerprint density at radius 2 is 2.39 bits per heavy atom. The van der Waals surface area contributed by atoms with Gasteiger partial charge >= 0.3 is 0 Å². The summed E-state index contributed by atoms with van der Waals surface area (Å²) in [5, 5.41) is 3.42. The molecule has 1 heterocycles. The molecule has 18 heavy (non-hydrogen) atoms. The van der Waals surface area contributed by atoms with E-state index >= 15 is 0 Å². The molecule has 0 bridgehead atoms. The third kappa shape index (κ3) is 3.24. The van der Waals surface area contributed by atoms with Crippen molar-refractivity contribution in [2.24, 2.45) is 5.92 Å². The van der Waals surface area contributed by atoms with Crippen molar-refractivity contribution in [3.05, 3.63) is 29.8 Å². The van der Waals surface area contributed by atoms with Crippen LogP contribution < -0.4 is 10.1 Å². The third-order valence-electron chi connectivity index (χ3n) is 3.51. The molecule has 1 saturated heterocycles. The van der Waals surface area contributed by atoms with Crippen molar-refractivity contribution in [1.82, 2.24) is 5.32 Å². The lowest BCUT2D eigenvalue weighted by molar-refractivity contribution is 0.0401. The van der Waals surface area contributed by atoms with Gasteiger partial charge in [-0.15, -0.1) is 0 Å². The van der Waals surface area contributed by atoms with Crippen LogP contribution in [-0.2, 0) is 4.74 Å². The van der Waals surface area contributed by atoms with Gasteiger partial charge in [0, 0.05) is 18.6 Å². The first kappa shape index (κ1) is 13.4. The summed E-state index contributed by atoms with van der Waals surface area (Å²) >= 11 is 0. The first-order valence-electron chi connectivity index (χ1n) is 6.83. The second-order valence-corrected chi connectivity index (χ2v) is 4.75. The van der Waals surface area contributed by atoms with E-state index in [2.05, 4.69) is 23.5 Å². The molecule has 1 aromatic rings. The van der Waals surface area contributed by atoms with Crippen molar-refractivity contribution < 1.29 is 9.47 Å².